The fourth-order valence-electron chi connectivity index (χ4n) is 4.01. The lowest BCUT2D eigenvalue weighted by Crippen LogP contribution is -3.33. The van der Waals surface area contributed by atoms with Crippen molar-refractivity contribution >= 4 is 0 Å². The number of hydrogen-bond donors (Lipinski definition) is 4. The van der Waals surface area contributed by atoms with E-state index in [1.165, 1.54) is 65.2 Å². The van der Waals surface area contributed by atoms with Gasteiger partial charge in [-0.25, -0.2) is 0 Å². The number of rotatable bonds is 4. The molecule has 2 aliphatic heterocycles. The maximum absolute atomic E-state index is 4.31. The van der Waals surface area contributed by atoms with Gasteiger partial charge in [0.25, 0.3) is 0 Å². The molecule has 2 saturated heterocycles. The van der Waals surface area contributed by atoms with Gasteiger partial charge in [0.2, 0.25) is 0 Å². The Hall–Kier alpha value is -0.160. The van der Waals surface area contributed by atoms with Crippen LogP contribution >= 0.6 is 0 Å². The third kappa shape index (κ3) is 2.87. The van der Waals surface area contributed by atoms with Gasteiger partial charge in [-0.3, -0.25) is 0 Å². The predicted molar refractivity (Wildman–Crippen MR) is 72.9 cm³/mol. The molecule has 0 bridgehead atoms. The molecule has 2 heterocycles. The first-order valence-electron chi connectivity index (χ1n) is 8.05. The zero-order valence-electron chi connectivity index (χ0n) is 12.5. The highest BCUT2D eigenvalue weighted by atomic mass is 15.3. The Labute approximate surface area is 112 Å². The SMILES string of the molecule is CC[NH+]1CC[NH+](C2(C[NH3+])CC[NH+](CC)CC2)CC1. The van der Waals surface area contributed by atoms with Gasteiger partial charge in [0.1, 0.15) is 32.7 Å². The maximum Gasteiger partial charge on any atom is 0.158 e. The molecule has 0 aliphatic carbocycles. The van der Waals surface area contributed by atoms with Crippen molar-refractivity contribution in [2.75, 3.05) is 58.9 Å². The lowest BCUT2D eigenvalue weighted by atomic mass is 9.85. The highest BCUT2D eigenvalue weighted by Crippen LogP contribution is 2.10. The highest BCUT2D eigenvalue weighted by Gasteiger charge is 2.47. The van der Waals surface area contributed by atoms with Crippen molar-refractivity contribution in [1.29, 1.82) is 0 Å². The molecule has 2 rings (SSSR count). The standard InChI is InChI=1S/C14H30N4/c1-3-16-7-5-14(13-15,6-8-16)18-11-9-17(4-2)10-12-18/h3-13,15H2,1-2H3/p+4. The van der Waals surface area contributed by atoms with Crippen LogP contribution in [0.25, 0.3) is 0 Å². The average molecular weight is 258 g/mol. The zero-order chi connectivity index (χ0) is 13.0. The molecule has 4 nitrogen and oxygen atoms in total. The van der Waals surface area contributed by atoms with Crippen molar-refractivity contribution < 1.29 is 20.4 Å². The first-order valence-corrected chi connectivity index (χ1v) is 8.05. The summed E-state index contributed by atoms with van der Waals surface area (Å²) in [4.78, 5) is 5.48. The number of piperazine rings is 1. The van der Waals surface area contributed by atoms with Crippen LogP contribution in [0.5, 0.6) is 0 Å². The Balaban J connectivity index is 1.92. The third-order valence-electron chi connectivity index (χ3n) is 5.70. The van der Waals surface area contributed by atoms with E-state index in [2.05, 4.69) is 19.6 Å². The van der Waals surface area contributed by atoms with Crippen LogP contribution in [0.15, 0.2) is 0 Å². The predicted octanol–water partition coefficient (Wildman–Crippen LogP) is -4.53. The van der Waals surface area contributed by atoms with Crippen molar-refractivity contribution in [2.45, 2.75) is 32.2 Å². The van der Waals surface area contributed by atoms with Crippen molar-refractivity contribution in [3.05, 3.63) is 0 Å². The Morgan fingerprint density at radius 1 is 0.833 bits per heavy atom. The highest BCUT2D eigenvalue weighted by molar-refractivity contribution is 4.80. The van der Waals surface area contributed by atoms with Crippen LogP contribution < -0.4 is 20.4 Å². The van der Waals surface area contributed by atoms with E-state index in [-0.39, 0.29) is 0 Å². The first-order chi connectivity index (χ1) is 8.74. The normalized spacial score (nSPS) is 41.8. The third-order valence-corrected chi connectivity index (χ3v) is 5.70. The van der Waals surface area contributed by atoms with Gasteiger partial charge >= 0.3 is 0 Å². The zero-order valence-corrected chi connectivity index (χ0v) is 12.5. The van der Waals surface area contributed by atoms with Gasteiger partial charge in [-0.15, -0.1) is 0 Å². The smallest absolute Gasteiger partial charge is 0.158 e. The van der Waals surface area contributed by atoms with Crippen LogP contribution in [0.3, 0.4) is 0 Å². The number of piperidine rings is 1. The van der Waals surface area contributed by atoms with E-state index in [9.17, 15) is 0 Å². The number of likely N-dealkylation sites (N-methyl/N-ethyl adjacent to an activating group) is 1. The van der Waals surface area contributed by atoms with Crippen LogP contribution in [0, 0.1) is 0 Å². The molecule has 2 aliphatic rings. The Kier molecular flexibility index (Phi) is 5.01. The number of hydrogen-bond acceptors (Lipinski definition) is 0. The van der Waals surface area contributed by atoms with E-state index >= 15 is 0 Å². The van der Waals surface area contributed by atoms with Crippen LogP contribution in [0.4, 0.5) is 0 Å². The second-order valence-corrected chi connectivity index (χ2v) is 6.34. The fourth-order valence-corrected chi connectivity index (χ4v) is 4.01. The molecule has 0 radical (unpaired) electrons. The van der Waals surface area contributed by atoms with E-state index in [1.807, 2.05) is 4.90 Å². The minimum absolute atomic E-state index is 0.526. The number of quaternary nitrogens is 4. The largest absolute Gasteiger partial charge is 0.352 e. The van der Waals surface area contributed by atoms with Crippen molar-refractivity contribution in [3.63, 3.8) is 0 Å². The van der Waals surface area contributed by atoms with Crippen LogP contribution in [-0.2, 0) is 0 Å². The molecule has 0 spiro atoms. The van der Waals surface area contributed by atoms with E-state index in [0.29, 0.717) is 5.54 Å². The van der Waals surface area contributed by atoms with Crippen LogP contribution in [0.1, 0.15) is 26.7 Å². The lowest BCUT2D eigenvalue weighted by Gasteiger charge is -2.44. The van der Waals surface area contributed by atoms with Crippen LogP contribution in [0.2, 0.25) is 0 Å². The summed E-state index contributed by atoms with van der Waals surface area (Å²) in [5, 5.41) is 0. The molecule has 4 heteroatoms. The summed E-state index contributed by atoms with van der Waals surface area (Å²) in [5.41, 5.74) is 4.84. The summed E-state index contributed by atoms with van der Waals surface area (Å²) in [6, 6.07) is 0. The molecule has 0 aromatic rings. The van der Waals surface area contributed by atoms with Gasteiger partial charge in [0, 0.05) is 0 Å². The number of nitrogens with one attached hydrogen (secondary N) is 3. The molecular weight excluding hydrogens is 224 g/mol. The van der Waals surface area contributed by atoms with Crippen LogP contribution in [-0.4, -0.2) is 64.4 Å². The van der Waals surface area contributed by atoms with Crippen molar-refractivity contribution in [3.8, 4) is 0 Å². The summed E-state index contributed by atoms with van der Waals surface area (Å²) in [6.45, 7) is 16.6. The molecule has 6 N–H and O–H groups in total. The van der Waals surface area contributed by atoms with E-state index in [0.717, 1.165) is 6.54 Å². The van der Waals surface area contributed by atoms with Gasteiger partial charge < -0.3 is 20.4 Å². The molecule has 0 saturated carbocycles. The maximum atomic E-state index is 4.31. The van der Waals surface area contributed by atoms with Gasteiger partial charge in [-0.1, -0.05) is 0 Å². The van der Waals surface area contributed by atoms with Gasteiger partial charge in [0.05, 0.1) is 39.0 Å². The van der Waals surface area contributed by atoms with E-state index < -0.39 is 0 Å². The lowest BCUT2D eigenvalue weighted by molar-refractivity contribution is -1.05. The Bertz CT molecular complexity index is 240. The quantitative estimate of drug-likeness (QED) is 0.393. The van der Waals surface area contributed by atoms with Gasteiger partial charge in [-0.05, 0) is 13.8 Å². The average Bonchev–Trinajstić information content (AvgIpc) is 2.47. The minimum Gasteiger partial charge on any atom is -0.352 e. The first kappa shape index (κ1) is 14.3. The van der Waals surface area contributed by atoms with Gasteiger partial charge in [0.15, 0.2) is 5.54 Å². The fraction of sp³-hybridized carbons (Fsp3) is 1.00. The molecule has 0 unspecified atom stereocenters. The summed E-state index contributed by atoms with van der Waals surface area (Å²) in [5.74, 6) is 0. The molecule has 18 heavy (non-hydrogen) atoms. The topological polar surface area (TPSA) is 41.0 Å². The molecule has 2 fully saturated rings. The van der Waals surface area contributed by atoms with E-state index in [1.54, 1.807) is 9.80 Å². The molecule has 0 aromatic carbocycles. The van der Waals surface area contributed by atoms with Crippen molar-refractivity contribution in [1.82, 2.24) is 0 Å². The molecule has 0 aromatic heterocycles. The van der Waals surface area contributed by atoms with Gasteiger partial charge in [-0.2, -0.15) is 0 Å². The molecule has 0 amide bonds. The second kappa shape index (κ2) is 6.33. The molecule has 0 atom stereocenters. The molecule has 106 valence electrons. The minimum atomic E-state index is 0.526. The summed E-state index contributed by atoms with van der Waals surface area (Å²) in [7, 11) is 0. The molecular formula is C14H34N4+4. The second-order valence-electron chi connectivity index (χ2n) is 6.34. The summed E-state index contributed by atoms with van der Waals surface area (Å²) < 4.78 is 0. The Morgan fingerprint density at radius 3 is 1.78 bits per heavy atom. The monoisotopic (exact) mass is 258 g/mol. The van der Waals surface area contributed by atoms with Crippen molar-refractivity contribution in [2.24, 2.45) is 0 Å². The Morgan fingerprint density at radius 2 is 1.33 bits per heavy atom. The number of likely N-dealkylation sites (tertiary alicyclic amines) is 1. The summed E-state index contributed by atoms with van der Waals surface area (Å²) in [6.07, 6.45) is 2.80. The van der Waals surface area contributed by atoms with E-state index in [4.69, 9.17) is 0 Å². The summed E-state index contributed by atoms with van der Waals surface area (Å²) >= 11 is 0.